The number of aromatic nitrogens is 4. The molecule has 1 aromatic heterocycles. The van der Waals surface area contributed by atoms with Crippen molar-refractivity contribution < 1.29 is 33.6 Å². The van der Waals surface area contributed by atoms with Gasteiger partial charge in [0.15, 0.2) is 5.82 Å². The van der Waals surface area contributed by atoms with Crippen LogP contribution in [0.15, 0.2) is 24.3 Å². The first-order valence-electron chi connectivity index (χ1n) is 9.31. The molecule has 0 aliphatic carbocycles. The highest BCUT2D eigenvalue weighted by Crippen LogP contribution is 2.36. The molecule has 2 aliphatic heterocycles. The van der Waals surface area contributed by atoms with E-state index in [-0.39, 0.29) is 37.5 Å². The zero-order valence-electron chi connectivity index (χ0n) is 16.1. The van der Waals surface area contributed by atoms with E-state index >= 15 is 0 Å². The maximum Gasteiger partial charge on any atom is 0.329 e. The molecule has 0 saturated carbocycles. The van der Waals surface area contributed by atoms with Crippen molar-refractivity contribution in [2.24, 2.45) is 0 Å². The number of carbonyl (C=O) groups is 2. The SMILES string of the molecule is COc1cccc(-c2nnnn2[C@@H]2CO[C@@H]3[C@@H]2OC[C@@H]3NC(=O)COCC(=O)O)c1. The third-order valence-corrected chi connectivity index (χ3v) is 4.97. The van der Waals surface area contributed by atoms with E-state index in [1.54, 1.807) is 11.8 Å². The van der Waals surface area contributed by atoms with Crippen LogP contribution < -0.4 is 10.1 Å². The van der Waals surface area contributed by atoms with Crippen LogP contribution in [0, 0.1) is 0 Å². The van der Waals surface area contributed by atoms with E-state index in [1.807, 2.05) is 24.3 Å². The summed E-state index contributed by atoms with van der Waals surface area (Å²) in [5, 5.41) is 23.4. The number of nitrogens with one attached hydrogen (secondary N) is 1. The lowest BCUT2D eigenvalue weighted by molar-refractivity contribution is -0.143. The molecule has 1 aromatic carbocycles. The number of hydrogen-bond donors (Lipinski definition) is 2. The summed E-state index contributed by atoms with van der Waals surface area (Å²) in [4.78, 5) is 22.5. The van der Waals surface area contributed by atoms with E-state index in [0.29, 0.717) is 18.2 Å². The topological polar surface area (TPSA) is 147 Å². The fourth-order valence-electron chi connectivity index (χ4n) is 3.66. The van der Waals surface area contributed by atoms with Gasteiger partial charge < -0.3 is 29.4 Å². The molecule has 0 unspecified atom stereocenters. The number of tetrazole rings is 1. The molecule has 12 nitrogen and oxygen atoms in total. The molecule has 2 saturated heterocycles. The number of amides is 1. The smallest absolute Gasteiger partial charge is 0.329 e. The molecule has 3 heterocycles. The Hall–Kier alpha value is -3.09. The van der Waals surface area contributed by atoms with Crippen LogP contribution in [-0.4, -0.2) is 89.0 Å². The van der Waals surface area contributed by atoms with Gasteiger partial charge in [-0.15, -0.1) is 5.10 Å². The van der Waals surface area contributed by atoms with Gasteiger partial charge in [-0.05, 0) is 22.6 Å². The van der Waals surface area contributed by atoms with Crippen LogP contribution in [0.2, 0.25) is 0 Å². The second kappa shape index (κ2) is 8.73. The Balaban J connectivity index is 1.43. The molecular weight excluding hydrogens is 398 g/mol. The molecule has 2 N–H and O–H groups in total. The van der Waals surface area contributed by atoms with Crippen molar-refractivity contribution in [1.82, 2.24) is 25.5 Å². The average Bonchev–Trinajstić information content (AvgIpc) is 3.45. The average molecular weight is 419 g/mol. The number of fused-ring (bicyclic) bond motifs is 1. The van der Waals surface area contributed by atoms with E-state index in [9.17, 15) is 9.59 Å². The molecule has 12 heteroatoms. The van der Waals surface area contributed by atoms with Crippen molar-refractivity contribution in [2.75, 3.05) is 33.5 Å². The van der Waals surface area contributed by atoms with Crippen molar-refractivity contribution in [3.05, 3.63) is 24.3 Å². The molecular formula is C18H21N5O7. The van der Waals surface area contributed by atoms with Crippen molar-refractivity contribution in [3.8, 4) is 17.1 Å². The summed E-state index contributed by atoms with van der Waals surface area (Å²) in [6.45, 7) is -0.311. The Kier molecular flexibility index (Phi) is 5.88. The number of benzene rings is 1. The van der Waals surface area contributed by atoms with Gasteiger partial charge in [0.2, 0.25) is 5.91 Å². The van der Waals surface area contributed by atoms with Gasteiger partial charge in [-0.1, -0.05) is 12.1 Å². The Labute approximate surface area is 171 Å². The minimum Gasteiger partial charge on any atom is -0.497 e. The quantitative estimate of drug-likeness (QED) is 0.561. The lowest BCUT2D eigenvalue weighted by Crippen LogP contribution is -2.45. The number of hydrogen-bond acceptors (Lipinski definition) is 9. The van der Waals surface area contributed by atoms with Gasteiger partial charge in [-0.25, -0.2) is 9.48 Å². The Morgan fingerprint density at radius 2 is 2.10 bits per heavy atom. The third kappa shape index (κ3) is 4.10. The van der Waals surface area contributed by atoms with Crippen LogP contribution in [-0.2, 0) is 23.8 Å². The number of rotatable bonds is 8. The van der Waals surface area contributed by atoms with E-state index in [4.69, 9.17) is 24.1 Å². The van der Waals surface area contributed by atoms with Crippen molar-refractivity contribution in [3.63, 3.8) is 0 Å². The first kappa shape index (κ1) is 20.2. The molecule has 0 radical (unpaired) electrons. The summed E-state index contributed by atoms with van der Waals surface area (Å²) in [5.74, 6) is -0.326. The number of nitrogens with zero attached hydrogens (tertiary/aromatic N) is 4. The number of carboxylic acid groups (broad SMARTS) is 1. The van der Waals surface area contributed by atoms with Crippen LogP contribution in [0.1, 0.15) is 6.04 Å². The summed E-state index contributed by atoms with van der Waals surface area (Å²) in [6, 6.07) is 6.76. The largest absolute Gasteiger partial charge is 0.497 e. The summed E-state index contributed by atoms with van der Waals surface area (Å²) >= 11 is 0. The second-order valence-corrected chi connectivity index (χ2v) is 6.90. The van der Waals surface area contributed by atoms with Gasteiger partial charge in [0.25, 0.3) is 0 Å². The summed E-state index contributed by atoms with van der Waals surface area (Å²) in [5.41, 5.74) is 0.793. The zero-order chi connectivity index (χ0) is 21.1. The maximum absolute atomic E-state index is 12.0. The normalized spacial score (nSPS) is 25.1. The van der Waals surface area contributed by atoms with Crippen LogP contribution in [0.25, 0.3) is 11.4 Å². The molecule has 2 aromatic rings. The summed E-state index contributed by atoms with van der Waals surface area (Å²) in [7, 11) is 1.59. The highest BCUT2D eigenvalue weighted by atomic mass is 16.6. The second-order valence-electron chi connectivity index (χ2n) is 6.90. The Bertz CT molecular complexity index is 920. The number of carboxylic acids is 1. The van der Waals surface area contributed by atoms with Gasteiger partial charge in [0.1, 0.15) is 37.2 Å². The lowest BCUT2D eigenvalue weighted by Gasteiger charge is -2.18. The maximum atomic E-state index is 12.0. The molecule has 2 fully saturated rings. The minimum atomic E-state index is -1.14. The molecule has 30 heavy (non-hydrogen) atoms. The Morgan fingerprint density at radius 1 is 1.27 bits per heavy atom. The molecule has 4 rings (SSSR count). The highest BCUT2D eigenvalue weighted by molar-refractivity contribution is 5.78. The van der Waals surface area contributed by atoms with Crippen molar-refractivity contribution in [2.45, 2.75) is 24.3 Å². The number of aliphatic carboxylic acids is 1. The van der Waals surface area contributed by atoms with Crippen molar-refractivity contribution in [1.29, 1.82) is 0 Å². The summed E-state index contributed by atoms with van der Waals surface area (Å²) in [6.07, 6.45) is -0.719. The number of carbonyl (C=O) groups excluding carboxylic acids is 1. The predicted octanol–water partition coefficient (Wildman–Crippen LogP) is -0.727. The van der Waals surface area contributed by atoms with E-state index in [2.05, 4.69) is 20.8 Å². The van der Waals surface area contributed by atoms with E-state index in [1.165, 1.54) is 0 Å². The van der Waals surface area contributed by atoms with Crippen LogP contribution >= 0.6 is 0 Å². The van der Waals surface area contributed by atoms with Gasteiger partial charge in [-0.3, -0.25) is 4.79 Å². The Morgan fingerprint density at radius 3 is 2.90 bits per heavy atom. The van der Waals surface area contributed by atoms with Gasteiger partial charge >= 0.3 is 5.97 Å². The van der Waals surface area contributed by atoms with Crippen LogP contribution in [0.4, 0.5) is 0 Å². The number of methoxy groups -OCH3 is 1. The third-order valence-electron chi connectivity index (χ3n) is 4.97. The fraction of sp³-hybridized carbons (Fsp3) is 0.500. The predicted molar refractivity (Wildman–Crippen MR) is 98.7 cm³/mol. The molecule has 2 aliphatic rings. The minimum absolute atomic E-state index is 0.257. The van der Waals surface area contributed by atoms with E-state index in [0.717, 1.165) is 5.56 Å². The van der Waals surface area contributed by atoms with Crippen LogP contribution in [0.3, 0.4) is 0 Å². The van der Waals surface area contributed by atoms with Gasteiger partial charge in [0.05, 0.1) is 26.4 Å². The molecule has 0 bridgehead atoms. The molecule has 160 valence electrons. The number of ether oxygens (including phenoxy) is 4. The lowest BCUT2D eigenvalue weighted by atomic mass is 10.1. The molecule has 1 amide bonds. The summed E-state index contributed by atoms with van der Waals surface area (Å²) < 4.78 is 23.5. The first-order valence-corrected chi connectivity index (χ1v) is 9.31. The van der Waals surface area contributed by atoms with Gasteiger partial charge in [-0.2, -0.15) is 0 Å². The molecule has 4 atom stereocenters. The molecule has 0 spiro atoms. The van der Waals surface area contributed by atoms with E-state index < -0.39 is 18.5 Å². The fourth-order valence-corrected chi connectivity index (χ4v) is 3.66. The monoisotopic (exact) mass is 419 g/mol. The van der Waals surface area contributed by atoms with Crippen LogP contribution in [0.5, 0.6) is 5.75 Å². The zero-order valence-corrected chi connectivity index (χ0v) is 16.1. The standard InChI is InChI=1S/C18H21N5O7/c1-27-11-4-2-3-10(5-11)18-20-21-22-23(18)13-7-30-16-12(6-29-17(13)16)19-14(24)8-28-9-15(25)26/h2-5,12-13,16-17H,6-9H2,1H3,(H,19,24)(H,25,26)/t12-,13+,16-,17+/m0/s1. The van der Waals surface area contributed by atoms with Crippen molar-refractivity contribution >= 4 is 11.9 Å². The first-order chi connectivity index (χ1) is 14.6. The van der Waals surface area contributed by atoms with Gasteiger partial charge in [0, 0.05) is 5.56 Å². The highest BCUT2D eigenvalue weighted by Gasteiger charge is 2.50.